The molecule has 0 fully saturated rings. The number of hydrogen-bond acceptors (Lipinski definition) is 3. The van der Waals surface area contributed by atoms with Crippen LogP contribution in [0.15, 0.2) is 39.5 Å². The number of aryl methyl sites for hydroxylation is 1. The van der Waals surface area contributed by atoms with Crippen molar-refractivity contribution < 1.29 is 4.39 Å². The zero-order chi connectivity index (χ0) is 13.0. The van der Waals surface area contributed by atoms with Gasteiger partial charge in [0.25, 0.3) is 0 Å². The number of nitrogens with two attached hydrogens (primary N) is 1. The first kappa shape index (κ1) is 13.7. The van der Waals surface area contributed by atoms with Gasteiger partial charge in [-0.25, -0.2) is 4.39 Å². The van der Waals surface area contributed by atoms with Crippen molar-refractivity contribution in [3.05, 3.63) is 56.4 Å². The molecule has 5 heteroatoms. The summed E-state index contributed by atoms with van der Waals surface area (Å²) in [6, 6.07) is 6.84. The lowest BCUT2D eigenvalue weighted by Crippen LogP contribution is -2.29. The third kappa shape index (κ3) is 3.17. The minimum Gasteiger partial charge on any atom is -0.271 e. The van der Waals surface area contributed by atoms with E-state index in [1.165, 1.54) is 11.6 Å². The third-order valence-corrected chi connectivity index (χ3v) is 4.27. The van der Waals surface area contributed by atoms with Gasteiger partial charge >= 0.3 is 0 Å². The molecule has 1 heterocycles. The fourth-order valence-electron chi connectivity index (χ4n) is 1.90. The molecule has 2 rings (SSSR count). The van der Waals surface area contributed by atoms with Gasteiger partial charge in [0.2, 0.25) is 0 Å². The number of nitrogens with one attached hydrogen (secondary N) is 1. The molecule has 0 saturated carbocycles. The van der Waals surface area contributed by atoms with Crippen molar-refractivity contribution >= 4 is 27.3 Å². The predicted molar refractivity (Wildman–Crippen MR) is 76.8 cm³/mol. The second-order valence-corrected chi connectivity index (χ2v) is 5.66. The molecule has 0 bridgehead atoms. The molecule has 0 aliphatic rings. The fourth-order valence-corrected chi connectivity index (χ4v) is 3.22. The van der Waals surface area contributed by atoms with Gasteiger partial charge in [0.05, 0.1) is 6.04 Å². The molecule has 1 aromatic heterocycles. The number of hydrogen-bond donors (Lipinski definition) is 2. The molecular formula is C13H14BrFN2S. The van der Waals surface area contributed by atoms with E-state index in [1.54, 1.807) is 17.4 Å². The number of halogens is 2. The van der Waals surface area contributed by atoms with Gasteiger partial charge in [-0.3, -0.25) is 11.3 Å². The first-order chi connectivity index (χ1) is 8.72. The normalized spacial score (nSPS) is 12.6. The van der Waals surface area contributed by atoms with Crippen LogP contribution >= 0.6 is 27.3 Å². The van der Waals surface area contributed by atoms with E-state index in [0.717, 1.165) is 17.3 Å². The number of thiophene rings is 1. The van der Waals surface area contributed by atoms with Crippen LogP contribution in [0.5, 0.6) is 0 Å². The zero-order valence-electron chi connectivity index (χ0n) is 9.70. The lowest BCUT2D eigenvalue weighted by atomic mass is 10.0. The molecule has 1 unspecified atom stereocenters. The highest BCUT2D eigenvalue weighted by Crippen LogP contribution is 2.28. The Kier molecular flexibility index (Phi) is 4.88. The molecule has 1 atom stereocenters. The van der Waals surface area contributed by atoms with Crippen molar-refractivity contribution in [1.29, 1.82) is 0 Å². The Labute approximate surface area is 118 Å². The van der Waals surface area contributed by atoms with E-state index >= 15 is 0 Å². The summed E-state index contributed by atoms with van der Waals surface area (Å²) in [5, 5.41) is 4.14. The van der Waals surface area contributed by atoms with Crippen LogP contribution < -0.4 is 11.3 Å². The minimum absolute atomic E-state index is 0.194. The van der Waals surface area contributed by atoms with Gasteiger partial charge in [0.1, 0.15) is 5.82 Å². The monoisotopic (exact) mass is 328 g/mol. The van der Waals surface area contributed by atoms with E-state index in [9.17, 15) is 4.39 Å². The average molecular weight is 329 g/mol. The van der Waals surface area contributed by atoms with Crippen LogP contribution in [0.2, 0.25) is 0 Å². The van der Waals surface area contributed by atoms with Crippen LogP contribution in [-0.2, 0) is 6.42 Å². The maximum absolute atomic E-state index is 13.8. The summed E-state index contributed by atoms with van der Waals surface area (Å²) in [5.41, 5.74) is 4.55. The summed E-state index contributed by atoms with van der Waals surface area (Å²) in [5.74, 6) is 5.31. The lowest BCUT2D eigenvalue weighted by Gasteiger charge is -2.18. The van der Waals surface area contributed by atoms with Crippen LogP contribution in [0.3, 0.4) is 0 Å². The van der Waals surface area contributed by atoms with Gasteiger partial charge in [-0.15, -0.1) is 0 Å². The van der Waals surface area contributed by atoms with E-state index in [-0.39, 0.29) is 11.9 Å². The van der Waals surface area contributed by atoms with E-state index < -0.39 is 0 Å². The maximum atomic E-state index is 13.8. The largest absolute Gasteiger partial charge is 0.271 e. The summed E-state index contributed by atoms with van der Waals surface area (Å²) in [6.07, 6.45) is 1.63. The quantitative estimate of drug-likeness (QED) is 0.647. The number of hydrazine groups is 1. The Morgan fingerprint density at radius 3 is 2.83 bits per heavy atom. The number of rotatable bonds is 5. The molecule has 2 aromatic rings. The average Bonchev–Trinajstić information content (AvgIpc) is 2.86. The van der Waals surface area contributed by atoms with Gasteiger partial charge in [0, 0.05) is 10.0 Å². The van der Waals surface area contributed by atoms with Crippen LogP contribution in [0.25, 0.3) is 0 Å². The van der Waals surface area contributed by atoms with Crippen LogP contribution in [-0.4, -0.2) is 0 Å². The van der Waals surface area contributed by atoms with Crippen molar-refractivity contribution in [3.8, 4) is 0 Å². The third-order valence-electron chi connectivity index (χ3n) is 2.85. The lowest BCUT2D eigenvalue weighted by molar-refractivity contribution is 0.483. The van der Waals surface area contributed by atoms with E-state index in [1.807, 2.05) is 11.4 Å². The second-order valence-electron chi connectivity index (χ2n) is 4.02. The summed E-state index contributed by atoms with van der Waals surface area (Å²) in [4.78, 5) is 0. The minimum atomic E-state index is -0.238. The highest BCUT2D eigenvalue weighted by atomic mass is 79.9. The smallest absolute Gasteiger partial charge is 0.129 e. The Morgan fingerprint density at radius 1 is 1.39 bits per heavy atom. The van der Waals surface area contributed by atoms with E-state index in [2.05, 4.69) is 32.8 Å². The molecule has 18 heavy (non-hydrogen) atoms. The Balaban J connectivity index is 2.13. The van der Waals surface area contributed by atoms with Crippen LogP contribution in [0.4, 0.5) is 4.39 Å². The van der Waals surface area contributed by atoms with Gasteiger partial charge in [-0.05, 0) is 47.4 Å². The summed E-state index contributed by atoms with van der Waals surface area (Å²) in [7, 11) is 0. The van der Waals surface area contributed by atoms with Crippen LogP contribution in [0.1, 0.15) is 23.6 Å². The molecule has 96 valence electrons. The molecule has 3 N–H and O–H groups in total. The molecular weight excluding hydrogens is 315 g/mol. The van der Waals surface area contributed by atoms with Crippen molar-refractivity contribution in [3.63, 3.8) is 0 Å². The van der Waals surface area contributed by atoms with Gasteiger partial charge in [0.15, 0.2) is 0 Å². The van der Waals surface area contributed by atoms with E-state index in [0.29, 0.717) is 5.56 Å². The van der Waals surface area contributed by atoms with Crippen LogP contribution in [0, 0.1) is 5.82 Å². The zero-order valence-corrected chi connectivity index (χ0v) is 12.1. The molecule has 2 nitrogen and oxygen atoms in total. The topological polar surface area (TPSA) is 38.0 Å². The highest BCUT2D eigenvalue weighted by molar-refractivity contribution is 9.10. The highest BCUT2D eigenvalue weighted by Gasteiger charge is 2.17. The SMILES string of the molecule is NNC(CCc1ccsc1)c1c(F)cccc1Br. The van der Waals surface area contributed by atoms with Gasteiger partial charge < -0.3 is 0 Å². The van der Waals surface area contributed by atoms with Crippen molar-refractivity contribution in [1.82, 2.24) is 5.43 Å². The Hall–Kier alpha value is -0.750. The predicted octanol–water partition coefficient (Wildman–Crippen LogP) is 3.79. The molecule has 1 aromatic carbocycles. The van der Waals surface area contributed by atoms with E-state index in [4.69, 9.17) is 5.84 Å². The van der Waals surface area contributed by atoms with Crippen molar-refractivity contribution in [2.45, 2.75) is 18.9 Å². The second kappa shape index (κ2) is 6.43. The number of benzene rings is 1. The molecule has 0 amide bonds. The summed E-state index contributed by atoms with van der Waals surface area (Å²) in [6.45, 7) is 0. The first-order valence-corrected chi connectivity index (χ1v) is 7.37. The Bertz CT molecular complexity index is 481. The molecule has 0 radical (unpaired) electrons. The standard InChI is InChI=1S/C13H14BrFN2S/c14-10-2-1-3-11(15)13(10)12(17-16)5-4-9-6-7-18-8-9/h1-3,6-8,12,17H,4-5,16H2. The van der Waals surface area contributed by atoms with Crippen molar-refractivity contribution in [2.75, 3.05) is 0 Å². The molecule has 0 saturated heterocycles. The molecule has 0 aliphatic carbocycles. The van der Waals surface area contributed by atoms with Gasteiger partial charge in [-0.2, -0.15) is 11.3 Å². The fraction of sp³-hybridized carbons (Fsp3) is 0.231. The first-order valence-electron chi connectivity index (χ1n) is 5.63. The maximum Gasteiger partial charge on any atom is 0.129 e. The Morgan fingerprint density at radius 2 is 2.22 bits per heavy atom. The molecule has 0 aliphatic heterocycles. The molecule has 0 spiro atoms. The van der Waals surface area contributed by atoms with Crippen molar-refractivity contribution in [2.24, 2.45) is 5.84 Å². The van der Waals surface area contributed by atoms with Gasteiger partial charge in [-0.1, -0.05) is 22.0 Å². The summed E-state index contributed by atoms with van der Waals surface area (Å²) < 4.78 is 14.6. The summed E-state index contributed by atoms with van der Waals surface area (Å²) >= 11 is 5.04.